The second-order valence-electron chi connectivity index (χ2n) is 7.91. The standard InChI is InChI=1S/C21H27N5O2S.3H2/c1-15-5-6-16(10-21(15)25-29(2,27)28)13-26-9-3-4-19(14-26)23-18-7-8-20-17(11-18)12-22-24-20;;;/h5-8,10-12,19,23,25H,3-4,9,13-14H2,1-2H3,(H,22,24);3*1H. The number of rotatable bonds is 6. The summed E-state index contributed by atoms with van der Waals surface area (Å²) < 4.78 is 25.8. The average molecular weight is 420 g/mol. The topological polar surface area (TPSA) is 90.1 Å². The molecule has 160 valence electrons. The van der Waals surface area contributed by atoms with E-state index in [1.54, 1.807) is 0 Å². The Kier molecular flexibility index (Phi) is 5.47. The Bertz CT molecular complexity index is 1120. The minimum atomic E-state index is -3.28. The van der Waals surface area contributed by atoms with E-state index >= 15 is 0 Å². The normalized spacial score (nSPS) is 18.1. The number of fused-ring (bicyclic) bond motifs is 1. The molecule has 8 heteroatoms. The van der Waals surface area contributed by atoms with E-state index in [-0.39, 0.29) is 4.28 Å². The van der Waals surface area contributed by atoms with Gasteiger partial charge >= 0.3 is 0 Å². The van der Waals surface area contributed by atoms with Crippen molar-refractivity contribution in [3.63, 3.8) is 0 Å². The first-order valence-corrected chi connectivity index (χ1v) is 11.7. The van der Waals surface area contributed by atoms with E-state index in [4.69, 9.17) is 0 Å². The van der Waals surface area contributed by atoms with Gasteiger partial charge in [-0.3, -0.25) is 14.7 Å². The van der Waals surface area contributed by atoms with Gasteiger partial charge in [-0.05, 0) is 61.7 Å². The molecule has 0 radical (unpaired) electrons. The van der Waals surface area contributed by atoms with Gasteiger partial charge in [0.25, 0.3) is 0 Å². The molecule has 2 aromatic carbocycles. The number of H-pyrrole nitrogens is 1. The number of nitrogens with zero attached hydrogens (tertiary/aromatic N) is 2. The van der Waals surface area contributed by atoms with Crippen molar-refractivity contribution in [3.8, 4) is 0 Å². The molecule has 1 unspecified atom stereocenters. The summed E-state index contributed by atoms with van der Waals surface area (Å²) in [4.78, 5) is 2.42. The van der Waals surface area contributed by atoms with E-state index in [1.807, 2.05) is 31.3 Å². The summed E-state index contributed by atoms with van der Waals surface area (Å²) in [6.07, 6.45) is 5.29. The van der Waals surface area contributed by atoms with Crippen LogP contribution in [-0.4, -0.2) is 48.9 Å². The van der Waals surface area contributed by atoms with Crippen molar-refractivity contribution < 1.29 is 12.7 Å². The van der Waals surface area contributed by atoms with Crippen molar-refractivity contribution in [1.29, 1.82) is 0 Å². The summed E-state index contributed by atoms with van der Waals surface area (Å²) in [5, 5.41) is 11.8. The van der Waals surface area contributed by atoms with Gasteiger partial charge in [0.1, 0.15) is 0 Å². The van der Waals surface area contributed by atoms with Crippen LogP contribution in [0, 0.1) is 6.92 Å². The van der Waals surface area contributed by atoms with E-state index in [2.05, 4.69) is 43.3 Å². The van der Waals surface area contributed by atoms with E-state index in [0.717, 1.165) is 60.2 Å². The molecule has 1 aromatic heterocycles. The first kappa shape index (κ1) is 19.7. The molecule has 1 atom stereocenters. The third-order valence-electron chi connectivity index (χ3n) is 5.32. The Hall–Kier alpha value is -2.58. The summed E-state index contributed by atoms with van der Waals surface area (Å²) in [5.41, 5.74) is 4.85. The predicted molar refractivity (Wildman–Crippen MR) is 124 cm³/mol. The molecule has 1 aliphatic rings. The maximum atomic E-state index is 11.6. The highest BCUT2D eigenvalue weighted by atomic mass is 32.2. The predicted octanol–water partition coefficient (Wildman–Crippen LogP) is 4.06. The SMILES string of the molecule is Cc1ccc(CN2CCCC(Nc3ccc4[nH]ncc4c3)C2)cc1NS(C)(=O)=O.[HH].[HH].[HH]. The number of anilines is 2. The molecule has 7 nitrogen and oxygen atoms in total. The number of benzene rings is 2. The van der Waals surface area contributed by atoms with E-state index in [1.165, 1.54) is 6.26 Å². The van der Waals surface area contributed by atoms with Crippen molar-refractivity contribution in [1.82, 2.24) is 15.1 Å². The first-order valence-electron chi connectivity index (χ1n) is 9.85. The van der Waals surface area contributed by atoms with Gasteiger partial charge in [-0.15, -0.1) is 0 Å². The van der Waals surface area contributed by atoms with E-state index < -0.39 is 10.0 Å². The molecule has 1 saturated heterocycles. The summed E-state index contributed by atoms with van der Waals surface area (Å²) in [6.45, 7) is 4.71. The maximum Gasteiger partial charge on any atom is 0.229 e. The van der Waals surface area contributed by atoms with Crippen molar-refractivity contribution in [2.75, 3.05) is 29.4 Å². The highest BCUT2D eigenvalue weighted by molar-refractivity contribution is 7.92. The third-order valence-corrected chi connectivity index (χ3v) is 5.91. The van der Waals surface area contributed by atoms with Crippen LogP contribution in [0.25, 0.3) is 10.9 Å². The number of sulfonamides is 1. The molecule has 1 aliphatic heterocycles. The van der Waals surface area contributed by atoms with Gasteiger partial charge in [0, 0.05) is 34.5 Å². The molecule has 0 spiro atoms. The van der Waals surface area contributed by atoms with Crippen LogP contribution < -0.4 is 10.0 Å². The summed E-state index contributed by atoms with van der Waals surface area (Å²) in [7, 11) is -3.28. The van der Waals surface area contributed by atoms with Crippen molar-refractivity contribution in [3.05, 3.63) is 53.7 Å². The Labute approximate surface area is 176 Å². The number of aryl methyl sites for hydroxylation is 1. The molecule has 0 aliphatic carbocycles. The summed E-state index contributed by atoms with van der Waals surface area (Å²) in [6, 6.07) is 12.6. The lowest BCUT2D eigenvalue weighted by atomic mass is 10.0. The smallest absolute Gasteiger partial charge is 0.229 e. The zero-order valence-electron chi connectivity index (χ0n) is 16.8. The van der Waals surface area contributed by atoms with Crippen LogP contribution in [0.3, 0.4) is 0 Å². The van der Waals surface area contributed by atoms with Gasteiger partial charge in [0.05, 0.1) is 23.7 Å². The summed E-state index contributed by atoms with van der Waals surface area (Å²) in [5.74, 6) is 0. The molecule has 2 heterocycles. The zero-order valence-corrected chi connectivity index (χ0v) is 17.6. The fraction of sp³-hybridized carbons (Fsp3) is 0.381. The van der Waals surface area contributed by atoms with Gasteiger partial charge in [0.15, 0.2) is 0 Å². The Morgan fingerprint density at radius 1 is 1.28 bits per heavy atom. The lowest BCUT2D eigenvalue weighted by molar-refractivity contribution is 0.208. The summed E-state index contributed by atoms with van der Waals surface area (Å²) >= 11 is 0. The molecular weight excluding hydrogens is 386 g/mol. The van der Waals surface area contributed by atoms with E-state index in [0.29, 0.717) is 11.7 Å². The Morgan fingerprint density at radius 2 is 2.14 bits per heavy atom. The third kappa shape index (κ3) is 5.07. The van der Waals surface area contributed by atoms with Crippen LogP contribution >= 0.6 is 0 Å². The highest BCUT2D eigenvalue weighted by Gasteiger charge is 2.20. The Morgan fingerprint density at radius 3 is 2.97 bits per heavy atom. The highest BCUT2D eigenvalue weighted by Crippen LogP contribution is 2.23. The van der Waals surface area contributed by atoms with Crippen molar-refractivity contribution in [2.24, 2.45) is 0 Å². The van der Waals surface area contributed by atoms with Crippen LogP contribution in [0.2, 0.25) is 0 Å². The number of aromatic amines is 1. The molecule has 0 bridgehead atoms. The minimum absolute atomic E-state index is 0. The number of likely N-dealkylation sites (tertiary alicyclic amines) is 1. The van der Waals surface area contributed by atoms with Crippen molar-refractivity contribution >= 4 is 32.3 Å². The fourth-order valence-electron chi connectivity index (χ4n) is 3.92. The van der Waals surface area contributed by atoms with Crippen molar-refractivity contribution in [2.45, 2.75) is 32.4 Å². The zero-order chi connectivity index (χ0) is 20.4. The molecule has 0 amide bonds. The van der Waals surface area contributed by atoms with Crippen LogP contribution in [0.5, 0.6) is 0 Å². The number of hydrogen-bond acceptors (Lipinski definition) is 5. The van der Waals surface area contributed by atoms with Crippen LogP contribution in [-0.2, 0) is 16.6 Å². The second kappa shape index (κ2) is 8.04. The molecule has 0 saturated carbocycles. The second-order valence-corrected chi connectivity index (χ2v) is 9.66. The van der Waals surface area contributed by atoms with Gasteiger partial charge in [-0.2, -0.15) is 5.10 Å². The Balaban J connectivity index is 0.00000171. The maximum absolute atomic E-state index is 11.6. The largest absolute Gasteiger partial charge is 0.381 e. The molecule has 1 fully saturated rings. The van der Waals surface area contributed by atoms with Crippen LogP contribution in [0.4, 0.5) is 11.4 Å². The monoisotopic (exact) mass is 419 g/mol. The lowest BCUT2D eigenvalue weighted by Crippen LogP contribution is -2.41. The van der Waals surface area contributed by atoms with Crippen LogP contribution in [0.1, 0.15) is 28.2 Å². The minimum Gasteiger partial charge on any atom is -0.381 e. The molecular formula is C21H33N5O2S. The quantitative estimate of drug-likeness (QED) is 0.561. The fourth-order valence-corrected chi connectivity index (χ4v) is 4.54. The molecule has 3 aromatic rings. The number of piperidine rings is 1. The van der Waals surface area contributed by atoms with Gasteiger partial charge < -0.3 is 5.32 Å². The molecule has 3 N–H and O–H groups in total. The van der Waals surface area contributed by atoms with Gasteiger partial charge in [0.2, 0.25) is 10.0 Å². The number of hydrogen-bond donors (Lipinski definition) is 3. The molecule has 4 rings (SSSR count). The van der Waals surface area contributed by atoms with Crippen LogP contribution in [0.15, 0.2) is 42.6 Å². The molecule has 29 heavy (non-hydrogen) atoms. The van der Waals surface area contributed by atoms with E-state index in [9.17, 15) is 8.42 Å². The lowest BCUT2D eigenvalue weighted by Gasteiger charge is -2.34. The average Bonchev–Trinajstić information content (AvgIpc) is 3.11. The number of nitrogens with one attached hydrogen (secondary N) is 3. The van der Waals surface area contributed by atoms with Gasteiger partial charge in [-0.25, -0.2) is 8.42 Å². The number of aromatic nitrogens is 2. The first-order chi connectivity index (χ1) is 13.9. The van der Waals surface area contributed by atoms with Gasteiger partial charge in [-0.1, -0.05) is 12.1 Å².